The molecule has 1 amide bonds. The number of methoxy groups -OCH3 is 1. The minimum Gasteiger partial charge on any atom is -0.544 e. The number of carboxylic acid groups (broad SMARTS) is 1. The van der Waals surface area contributed by atoms with Crippen LogP contribution in [-0.4, -0.2) is 38.1 Å². The molecular formula is C21H27N3O4. The third kappa shape index (κ3) is 6.59. The summed E-state index contributed by atoms with van der Waals surface area (Å²) in [6, 6.07) is 14.0. The molecule has 0 aliphatic rings. The second-order valence-corrected chi connectivity index (χ2v) is 6.38. The Bertz CT molecular complexity index is 777. The van der Waals surface area contributed by atoms with E-state index in [2.05, 4.69) is 17.6 Å². The summed E-state index contributed by atoms with van der Waals surface area (Å²) < 4.78 is 5.26. The van der Waals surface area contributed by atoms with Gasteiger partial charge in [-0.1, -0.05) is 31.2 Å². The van der Waals surface area contributed by atoms with Gasteiger partial charge in [-0.25, -0.2) is 0 Å². The quantitative estimate of drug-likeness (QED) is 0.485. The number of para-hydroxylation sites is 2. The second kappa shape index (κ2) is 10.9. The van der Waals surface area contributed by atoms with Gasteiger partial charge in [0.2, 0.25) is 5.91 Å². The van der Waals surface area contributed by atoms with Gasteiger partial charge in [-0.05, 0) is 36.2 Å². The van der Waals surface area contributed by atoms with Gasteiger partial charge >= 0.3 is 0 Å². The highest BCUT2D eigenvalue weighted by Crippen LogP contribution is 2.22. The molecular weight excluding hydrogens is 358 g/mol. The molecule has 28 heavy (non-hydrogen) atoms. The van der Waals surface area contributed by atoms with Crippen molar-refractivity contribution in [1.29, 1.82) is 0 Å². The van der Waals surface area contributed by atoms with Gasteiger partial charge in [0.15, 0.2) is 0 Å². The largest absolute Gasteiger partial charge is 0.544 e. The van der Waals surface area contributed by atoms with Gasteiger partial charge in [0.1, 0.15) is 11.8 Å². The van der Waals surface area contributed by atoms with Crippen molar-refractivity contribution in [1.82, 2.24) is 0 Å². The Morgan fingerprint density at radius 1 is 1.14 bits per heavy atom. The Hall–Kier alpha value is -3.06. The fourth-order valence-corrected chi connectivity index (χ4v) is 2.78. The number of hydrogen-bond donors (Lipinski definition) is 3. The molecule has 0 radical (unpaired) electrons. The minimum absolute atomic E-state index is 0.160. The van der Waals surface area contributed by atoms with E-state index in [-0.39, 0.29) is 12.3 Å². The number of aryl methyl sites for hydroxylation is 1. The molecule has 0 unspecified atom stereocenters. The lowest BCUT2D eigenvalue weighted by Gasteiger charge is -2.17. The van der Waals surface area contributed by atoms with E-state index in [1.165, 1.54) is 5.56 Å². The van der Waals surface area contributed by atoms with Crippen LogP contribution in [0.15, 0.2) is 48.5 Å². The molecule has 0 saturated heterocycles. The van der Waals surface area contributed by atoms with Gasteiger partial charge in [0.25, 0.3) is 0 Å². The summed E-state index contributed by atoms with van der Waals surface area (Å²) in [7, 11) is 1.59. The lowest BCUT2D eigenvalue weighted by Crippen LogP contribution is -2.94. The highest BCUT2D eigenvalue weighted by atomic mass is 16.5. The Kier molecular flexibility index (Phi) is 8.30. The molecule has 0 aliphatic carbocycles. The van der Waals surface area contributed by atoms with Crippen molar-refractivity contribution >= 4 is 23.3 Å². The molecule has 0 spiro atoms. The van der Waals surface area contributed by atoms with Crippen LogP contribution >= 0.6 is 0 Å². The van der Waals surface area contributed by atoms with Gasteiger partial charge in [0, 0.05) is 5.69 Å². The van der Waals surface area contributed by atoms with Crippen LogP contribution in [0.4, 0.5) is 11.4 Å². The molecule has 150 valence electrons. The zero-order valence-corrected chi connectivity index (χ0v) is 16.2. The molecule has 0 aliphatic heterocycles. The summed E-state index contributed by atoms with van der Waals surface area (Å²) in [5.41, 5.74) is 2.65. The van der Waals surface area contributed by atoms with Crippen LogP contribution in [0.3, 0.4) is 0 Å². The number of rotatable bonds is 11. The predicted molar refractivity (Wildman–Crippen MR) is 106 cm³/mol. The summed E-state index contributed by atoms with van der Waals surface area (Å²) in [6.07, 6.45) is 0.755. The number of quaternary nitrogens is 1. The first-order valence-corrected chi connectivity index (χ1v) is 9.33. The van der Waals surface area contributed by atoms with E-state index in [4.69, 9.17) is 4.74 Å². The number of carbonyl (C=O) groups excluding carboxylic acids is 2. The number of carbonyl (C=O) groups is 2. The fourth-order valence-electron chi connectivity index (χ4n) is 2.78. The number of carboxylic acids is 1. The maximum absolute atomic E-state index is 12.2. The number of amides is 1. The first-order chi connectivity index (χ1) is 13.5. The van der Waals surface area contributed by atoms with Crippen molar-refractivity contribution < 1.29 is 24.7 Å². The summed E-state index contributed by atoms with van der Waals surface area (Å²) in [5, 5.41) is 18.9. The maximum Gasteiger partial charge on any atom is 0.230 e. The van der Waals surface area contributed by atoms with Crippen molar-refractivity contribution in [3.63, 3.8) is 0 Å². The van der Waals surface area contributed by atoms with Crippen LogP contribution in [-0.2, 0) is 16.0 Å². The van der Waals surface area contributed by atoms with E-state index >= 15 is 0 Å². The van der Waals surface area contributed by atoms with Crippen molar-refractivity contribution in [2.24, 2.45) is 0 Å². The van der Waals surface area contributed by atoms with Crippen LogP contribution in [0.2, 0.25) is 0 Å². The number of anilines is 2. The molecule has 0 saturated carbocycles. The topological polar surface area (TPSA) is 107 Å². The van der Waals surface area contributed by atoms with E-state index in [1.807, 2.05) is 48.5 Å². The van der Waals surface area contributed by atoms with E-state index in [9.17, 15) is 14.7 Å². The molecule has 7 nitrogen and oxygen atoms in total. The number of hydrogen-bond acceptors (Lipinski definition) is 5. The lowest BCUT2D eigenvalue weighted by atomic mass is 10.1. The van der Waals surface area contributed by atoms with E-state index in [1.54, 1.807) is 12.4 Å². The zero-order valence-electron chi connectivity index (χ0n) is 16.2. The normalized spacial score (nSPS) is 11.5. The Morgan fingerprint density at radius 2 is 1.86 bits per heavy atom. The van der Waals surface area contributed by atoms with Gasteiger partial charge in [0.05, 0.1) is 38.3 Å². The molecule has 1 atom stereocenters. The molecule has 4 N–H and O–H groups in total. The van der Waals surface area contributed by atoms with Gasteiger partial charge in [-0.15, -0.1) is 0 Å². The van der Waals surface area contributed by atoms with E-state index in [0.717, 1.165) is 12.1 Å². The highest BCUT2D eigenvalue weighted by Gasteiger charge is 2.18. The first-order valence-electron chi connectivity index (χ1n) is 9.33. The first kappa shape index (κ1) is 21.2. The van der Waals surface area contributed by atoms with Crippen molar-refractivity contribution in [3.05, 3.63) is 54.1 Å². The van der Waals surface area contributed by atoms with Gasteiger partial charge < -0.3 is 30.6 Å². The maximum atomic E-state index is 12.2. The molecule has 0 fully saturated rings. The smallest absolute Gasteiger partial charge is 0.230 e. The monoisotopic (exact) mass is 385 g/mol. The van der Waals surface area contributed by atoms with E-state index < -0.39 is 12.0 Å². The number of aliphatic carboxylic acids is 1. The molecule has 2 rings (SSSR count). The number of ether oxygens (including phenoxy) is 1. The number of nitrogens with two attached hydrogens (primary N) is 1. The lowest BCUT2D eigenvalue weighted by molar-refractivity contribution is -0.680. The molecule has 0 aromatic heterocycles. The van der Waals surface area contributed by atoms with Crippen molar-refractivity contribution in [2.45, 2.75) is 25.8 Å². The average Bonchev–Trinajstić information content (AvgIpc) is 2.70. The van der Waals surface area contributed by atoms with Crippen LogP contribution in [0, 0.1) is 0 Å². The summed E-state index contributed by atoms with van der Waals surface area (Å²) in [6.45, 7) is 3.04. The van der Waals surface area contributed by atoms with Crippen molar-refractivity contribution in [3.8, 4) is 5.75 Å². The minimum atomic E-state index is -1.26. The number of benzene rings is 2. The summed E-state index contributed by atoms with van der Waals surface area (Å²) in [5.74, 6) is -0.895. The fraction of sp³-hybridized carbons (Fsp3) is 0.333. The van der Waals surface area contributed by atoms with Crippen molar-refractivity contribution in [2.75, 3.05) is 30.8 Å². The highest BCUT2D eigenvalue weighted by molar-refractivity contribution is 5.93. The SMILES string of the molecule is CCc1ccc(NC(=O)C[C@@H]([NH2+]CCNc2ccccc2OC)C(=O)[O-])cc1. The van der Waals surface area contributed by atoms with Crippen LogP contribution in [0.5, 0.6) is 5.75 Å². The zero-order chi connectivity index (χ0) is 20.4. The molecule has 2 aromatic rings. The van der Waals surface area contributed by atoms with Gasteiger partial charge in [-0.2, -0.15) is 0 Å². The van der Waals surface area contributed by atoms with Gasteiger partial charge in [-0.3, -0.25) is 4.79 Å². The summed E-state index contributed by atoms with van der Waals surface area (Å²) >= 11 is 0. The Balaban J connectivity index is 1.80. The second-order valence-electron chi connectivity index (χ2n) is 6.38. The van der Waals surface area contributed by atoms with Crippen LogP contribution < -0.4 is 25.8 Å². The predicted octanol–water partition coefficient (Wildman–Crippen LogP) is 0.380. The van der Waals surface area contributed by atoms with Crippen LogP contribution in [0.25, 0.3) is 0 Å². The number of nitrogens with one attached hydrogen (secondary N) is 2. The molecule has 7 heteroatoms. The molecule has 2 aromatic carbocycles. The standard InChI is InChI=1S/C21H27N3O4/c1-3-15-8-10-16(11-9-15)24-20(25)14-18(21(26)27)23-13-12-22-17-6-4-5-7-19(17)28-2/h4-11,18,22-23H,3,12-14H2,1-2H3,(H,24,25)(H,26,27)/t18-/m1/s1. The molecule has 0 heterocycles. The third-order valence-corrected chi connectivity index (χ3v) is 4.37. The van der Waals surface area contributed by atoms with Crippen LogP contribution in [0.1, 0.15) is 18.9 Å². The Morgan fingerprint density at radius 3 is 2.50 bits per heavy atom. The third-order valence-electron chi connectivity index (χ3n) is 4.37. The summed E-state index contributed by atoms with van der Waals surface area (Å²) in [4.78, 5) is 23.5. The average molecular weight is 385 g/mol. The van der Waals surface area contributed by atoms with E-state index in [0.29, 0.717) is 24.5 Å². The molecule has 0 bridgehead atoms. The Labute approximate surface area is 165 Å².